The number of hydrogen-bond acceptors (Lipinski definition) is 7. The van der Waals surface area contributed by atoms with E-state index in [-0.39, 0.29) is 17.2 Å². The van der Waals surface area contributed by atoms with E-state index >= 15 is 0 Å². The summed E-state index contributed by atoms with van der Waals surface area (Å²) in [7, 11) is 3.08. The summed E-state index contributed by atoms with van der Waals surface area (Å²) in [6.45, 7) is 0. The van der Waals surface area contributed by atoms with Crippen LogP contribution in [-0.2, 0) is 0 Å². The number of para-hydroxylation sites is 1. The van der Waals surface area contributed by atoms with Gasteiger partial charge in [0, 0.05) is 21.7 Å². The number of rotatable bonds is 5. The molecule has 0 saturated heterocycles. The largest absolute Gasteiger partial charge is 0.493 e. The second kappa shape index (κ2) is 9.27. The number of fused-ring (bicyclic) bond motifs is 1. The minimum Gasteiger partial charge on any atom is -0.493 e. The lowest BCUT2D eigenvalue weighted by atomic mass is 9.83. The zero-order valence-corrected chi connectivity index (χ0v) is 19.4. The maximum atomic E-state index is 12.6. The predicted molar refractivity (Wildman–Crippen MR) is 124 cm³/mol. The van der Waals surface area contributed by atoms with Gasteiger partial charge in [0.05, 0.1) is 25.7 Å². The van der Waals surface area contributed by atoms with Crippen LogP contribution >= 0.6 is 15.9 Å². The van der Waals surface area contributed by atoms with Crippen LogP contribution in [0, 0.1) is 11.3 Å². The number of halogens is 1. The van der Waals surface area contributed by atoms with E-state index in [0.29, 0.717) is 38.4 Å². The van der Waals surface area contributed by atoms with Gasteiger partial charge in [-0.2, -0.15) is 5.26 Å². The maximum Gasteiger partial charge on any atom is 0.344 e. The second-order valence-corrected chi connectivity index (χ2v) is 7.93. The van der Waals surface area contributed by atoms with E-state index in [1.54, 1.807) is 49.6 Å². The van der Waals surface area contributed by atoms with Crippen molar-refractivity contribution in [1.29, 1.82) is 5.26 Å². The average molecular weight is 507 g/mol. The Morgan fingerprint density at radius 1 is 1.06 bits per heavy atom. The summed E-state index contributed by atoms with van der Waals surface area (Å²) in [5, 5.41) is 9.82. The molecule has 1 heterocycles. The van der Waals surface area contributed by atoms with Crippen LogP contribution < -0.4 is 24.7 Å². The van der Waals surface area contributed by atoms with Crippen LogP contribution in [0.15, 0.2) is 76.6 Å². The third-order valence-electron chi connectivity index (χ3n) is 5.24. The smallest absolute Gasteiger partial charge is 0.344 e. The monoisotopic (exact) mass is 506 g/mol. The zero-order chi connectivity index (χ0) is 23.5. The molecule has 1 atom stereocenters. The Bertz CT molecular complexity index is 1310. The topological polar surface area (TPSA) is 104 Å². The minimum absolute atomic E-state index is 0.0332. The Hall–Kier alpha value is -3.96. The lowest BCUT2D eigenvalue weighted by molar-refractivity contribution is 0.0733. The number of benzene rings is 3. The quantitative estimate of drug-likeness (QED) is 0.387. The van der Waals surface area contributed by atoms with Crippen LogP contribution in [0.25, 0.3) is 0 Å². The van der Waals surface area contributed by atoms with Crippen molar-refractivity contribution < 1.29 is 23.7 Å². The van der Waals surface area contributed by atoms with Crippen LogP contribution in [0.4, 0.5) is 0 Å². The molecule has 166 valence electrons. The zero-order valence-electron chi connectivity index (χ0n) is 17.8. The van der Waals surface area contributed by atoms with Gasteiger partial charge in [-0.15, -0.1) is 0 Å². The van der Waals surface area contributed by atoms with Crippen LogP contribution in [0.5, 0.6) is 23.0 Å². The molecule has 4 rings (SSSR count). The van der Waals surface area contributed by atoms with Crippen LogP contribution in [0.1, 0.15) is 27.4 Å². The second-order valence-electron chi connectivity index (χ2n) is 7.08. The first-order valence-corrected chi connectivity index (χ1v) is 10.7. The van der Waals surface area contributed by atoms with Gasteiger partial charge in [0.1, 0.15) is 23.1 Å². The molecule has 0 radical (unpaired) electrons. The number of nitrogens with zero attached hydrogens (tertiary/aromatic N) is 1. The summed E-state index contributed by atoms with van der Waals surface area (Å²) in [6, 6.07) is 19.5. The van der Waals surface area contributed by atoms with Crippen molar-refractivity contribution in [2.24, 2.45) is 5.73 Å². The van der Waals surface area contributed by atoms with Crippen molar-refractivity contribution in [3.05, 3.63) is 93.3 Å². The summed E-state index contributed by atoms with van der Waals surface area (Å²) in [6.07, 6.45) is 0. The predicted octanol–water partition coefficient (Wildman–Crippen LogP) is 4.90. The van der Waals surface area contributed by atoms with E-state index in [9.17, 15) is 10.1 Å². The molecule has 0 aromatic heterocycles. The molecule has 1 aliphatic heterocycles. The number of carbonyl (C=O) groups excluding carboxylic acids is 1. The van der Waals surface area contributed by atoms with Gasteiger partial charge in [-0.05, 0) is 40.2 Å². The van der Waals surface area contributed by atoms with Crippen molar-refractivity contribution in [3.63, 3.8) is 0 Å². The highest BCUT2D eigenvalue weighted by atomic mass is 79.9. The fourth-order valence-corrected chi connectivity index (χ4v) is 4.19. The number of esters is 1. The van der Waals surface area contributed by atoms with E-state index in [1.165, 1.54) is 7.11 Å². The van der Waals surface area contributed by atoms with Gasteiger partial charge < -0.3 is 24.7 Å². The molecule has 8 heteroatoms. The lowest BCUT2D eigenvalue weighted by Crippen LogP contribution is -2.21. The molecule has 1 aliphatic rings. The normalized spacial score (nSPS) is 14.5. The molecule has 0 bridgehead atoms. The molecule has 2 N–H and O–H groups in total. The highest BCUT2D eigenvalue weighted by Crippen LogP contribution is 2.47. The van der Waals surface area contributed by atoms with Crippen molar-refractivity contribution in [3.8, 4) is 29.1 Å². The Morgan fingerprint density at radius 3 is 2.55 bits per heavy atom. The summed E-state index contributed by atoms with van der Waals surface area (Å²) < 4.78 is 22.9. The van der Waals surface area contributed by atoms with Gasteiger partial charge in [0.2, 0.25) is 5.88 Å². The van der Waals surface area contributed by atoms with Crippen molar-refractivity contribution in [1.82, 2.24) is 0 Å². The van der Waals surface area contributed by atoms with Crippen LogP contribution in [0.2, 0.25) is 0 Å². The van der Waals surface area contributed by atoms with E-state index in [2.05, 4.69) is 22.0 Å². The third-order valence-corrected chi connectivity index (χ3v) is 5.93. The fourth-order valence-electron chi connectivity index (χ4n) is 3.75. The van der Waals surface area contributed by atoms with Crippen molar-refractivity contribution in [2.45, 2.75) is 5.92 Å². The maximum absolute atomic E-state index is 12.6. The molecule has 0 saturated carbocycles. The van der Waals surface area contributed by atoms with E-state index < -0.39 is 11.9 Å². The standard InChI is InChI=1S/C25H19BrN2O5/c1-30-20-9-5-7-17(23(20)31-2)22-16-11-10-14(12-21(16)33-24(28)18(22)13-27)32-25(29)15-6-3-4-8-19(15)26/h3-12,22H,28H2,1-2H3. The molecule has 3 aromatic rings. The summed E-state index contributed by atoms with van der Waals surface area (Å²) in [4.78, 5) is 12.6. The average Bonchev–Trinajstić information content (AvgIpc) is 2.82. The Kier molecular flexibility index (Phi) is 6.24. The first-order valence-electron chi connectivity index (χ1n) is 9.87. The molecule has 33 heavy (non-hydrogen) atoms. The van der Waals surface area contributed by atoms with Gasteiger partial charge in [-0.1, -0.05) is 30.3 Å². The summed E-state index contributed by atoms with van der Waals surface area (Å²) >= 11 is 3.35. The van der Waals surface area contributed by atoms with E-state index in [0.717, 1.165) is 0 Å². The van der Waals surface area contributed by atoms with Crippen LogP contribution in [0.3, 0.4) is 0 Å². The minimum atomic E-state index is -0.559. The Balaban J connectivity index is 1.76. The fraction of sp³-hybridized carbons (Fsp3) is 0.120. The molecule has 0 amide bonds. The SMILES string of the molecule is COc1cccc(C2C(C#N)=C(N)Oc3cc(OC(=O)c4ccccc4Br)ccc32)c1OC. The van der Waals surface area contributed by atoms with Gasteiger partial charge >= 0.3 is 5.97 Å². The Morgan fingerprint density at radius 2 is 1.85 bits per heavy atom. The number of methoxy groups -OCH3 is 2. The number of ether oxygens (including phenoxy) is 4. The summed E-state index contributed by atoms with van der Waals surface area (Å²) in [5.41, 5.74) is 8.11. The molecule has 1 unspecified atom stereocenters. The number of allylic oxidation sites excluding steroid dienone is 1. The third kappa shape index (κ3) is 4.11. The highest BCUT2D eigenvalue weighted by Gasteiger charge is 2.33. The first-order chi connectivity index (χ1) is 16.0. The van der Waals surface area contributed by atoms with Crippen LogP contribution in [-0.4, -0.2) is 20.2 Å². The van der Waals surface area contributed by atoms with E-state index in [1.807, 2.05) is 18.2 Å². The summed E-state index contributed by atoms with van der Waals surface area (Å²) in [5.74, 6) is 0.551. The number of nitrogens with two attached hydrogens (primary N) is 1. The lowest BCUT2D eigenvalue weighted by Gasteiger charge is -2.28. The van der Waals surface area contributed by atoms with Gasteiger partial charge in [0.15, 0.2) is 11.5 Å². The molecule has 7 nitrogen and oxygen atoms in total. The molecular formula is C25H19BrN2O5. The van der Waals surface area contributed by atoms with Gasteiger partial charge in [-0.3, -0.25) is 0 Å². The van der Waals surface area contributed by atoms with E-state index in [4.69, 9.17) is 24.7 Å². The first kappa shape index (κ1) is 22.2. The van der Waals surface area contributed by atoms with Crippen molar-refractivity contribution >= 4 is 21.9 Å². The molecule has 0 fully saturated rings. The molecular weight excluding hydrogens is 488 g/mol. The molecule has 3 aromatic carbocycles. The molecule has 0 aliphatic carbocycles. The number of carbonyl (C=O) groups is 1. The van der Waals surface area contributed by atoms with Gasteiger partial charge in [0.25, 0.3) is 0 Å². The number of nitriles is 1. The van der Waals surface area contributed by atoms with Gasteiger partial charge in [-0.25, -0.2) is 4.79 Å². The van der Waals surface area contributed by atoms with Crippen molar-refractivity contribution in [2.75, 3.05) is 14.2 Å². The molecule has 0 spiro atoms. The Labute approximate surface area is 199 Å². The number of hydrogen-bond donors (Lipinski definition) is 1. The highest BCUT2D eigenvalue weighted by molar-refractivity contribution is 9.10.